The maximum absolute atomic E-state index is 12.5. The molecule has 4 nitrogen and oxygen atoms in total. The lowest BCUT2D eigenvalue weighted by molar-refractivity contribution is -0.179. The minimum Gasteiger partial charge on any atom is -0.462 e. The molecule has 0 saturated heterocycles. The predicted octanol–water partition coefficient (Wildman–Crippen LogP) is 3.66. The molecule has 0 aromatic heterocycles. The number of alkyl halides is 4. The van der Waals surface area contributed by atoms with Crippen molar-refractivity contribution in [3.05, 3.63) is 25.3 Å². The second-order valence-electron chi connectivity index (χ2n) is 4.74. The van der Waals surface area contributed by atoms with Crippen molar-refractivity contribution in [3.8, 4) is 0 Å². The Balaban J connectivity index is 4.00. The van der Waals surface area contributed by atoms with Crippen molar-refractivity contribution in [2.45, 2.75) is 50.6 Å². The normalized spacial score (nSPS) is 11.4. The molecule has 23 heavy (non-hydrogen) atoms. The first-order chi connectivity index (χ1) is 10.7. The molecular formula is C15H20F4O4. The van der Waals surface area contributed by atoms with Crippen LogP contribution in [0.25, 0.3) is 0 Å². The fourth-order valence-electron chi connectivity index (χ4n) is 1.50. The van der Waals surface area contributed by atoms with Gasteiger partial charge in [-0.05, 0) is 6.42 Å². The van der Waals surface area contributed by atoms with E-state index in [2.05, 4.69) is 17.9 Å². The van der Waals surface area contributed by atoms with E-state index in [0.29, 0.717) is 12.8 Å². The minimum absolute atomic E-state index is 0.00676. The summed E-state index contributed by atoms with van der Waals surface area (Å²) in [4.78, 5) is 22.7. The van der Waals surface area contributed by atoms with Crippen LogP contribution in [0, 0.1) is 0 Å². The second-order valence-corrected chi connectivity index (χ2v) is 4.74. The molecule has 0 aliphatic rings. The average Bonchev–Trinajstić information content (AvgIpc) is 2.45. The summed E-state index contributed by atoms with van der Waals surface area (Å²) < 4.78 is 57.9. The van der Waals surface area contributed by atoms with Gasteiger partial charge < -0.3 is 9.47 Å². The van der Waals surface area contributed by atoms with Gasteiger partial charge in [0.2, 0.25) is 0 Å². The van der Waals surface area contributed by atoms with Gasteiger partial charge in [0.1, 0.15) is 6.10 Å². The standard InChI is InChI=1S/C15H20F4O4/c1-3-6-11(7-4-2)23-13(21)9-5-8-12(20)22-10-15(18,19)14(16)17/h3-4,11,14H,1-2,5-10H2. The summed E-state index contributed by atoms with van der Waals surface area (Å²) in [6.45, 7) is 5.37. The molecule has 0 saturated carbocycles. The van der Waals surface area contributed by atoms with Gasteiger partial charge in [0.15, 0.2) is 6.61 Å². The highest BCUT2D eigenvalue weighted by Gasteiger charge is 2.42. The molecule has 0 heterocycles. The smallest absolute Gasteiger partial charge is 0.340 e. The van der Waals surface area contributed by atoms with Gasteiger partial charge in [-0.2, -0.15) is 8.78 Å². The van der Waals surface area contributed by atoms with Crippen molar-refractivity contribution in [1.82, 2.24) is 0 Å². The number of hydrogen-bond acceptors (Lipinski definition) is 4. The molecule has 0 spiro atoms. The van der Waals surface area contributed by atoms with Gasteiger partial charge in [0.05, 0.1) is 0 Å². The quantitative estimate of drug-likeness (QED) is 0.309. The molecule has 0 aromatic carbocycles. The molecule has 8 heteroatoms. The van der Waals surface area contributed by atoms with Gasteiger partial charge in [0, 0.05) is 25.7 Å². The Bertz CT molecular complexity index is 400. The van der Waals surface area contributed by atoms with E-state index in [1.54, 1.807) is 12.2 Å². The van der Waals surface area contributed by atoms with Crippen molar-refractivity contribution in [2.24, 2.45) is 0 Å². The van der Waals surface area contributed by atoms with Crippen LogP contribution in [0.5, 0.6) is 0 Å². The average molecular weight is 340 g/mol. The summed E-state index contributed by atoms with van der Waals surface area (Å²) in [5, 5.41) is 0. The van der Waals surface area contributed by atoms with Crippen molar-refractivity contribution in [3.63, 3.8) is 0 Å². The Hall–Kier alpha value is -1.86. The van der Waals surface area contributed by atoms with Gasteiger partial charge >= 0.3 is 24.3 Å². The van der Waals surface area contributed by atoms with Crippen LogP contribution in [-0.2, 0) is 19.1 Å². The molecule has 0 atom stereocenters. The fraction of sp³-hybridized carbons (Fsp3) is 0.600. The zero-order valence-corrected chi connectivity index (χ0v) is 12.6. The number of halogens is 4. The Labute approximate surface area is 132 Å². The first-order valence-corrected chi connectivity index (χ1v) is 6.95. The minimum atomic E-state index is -4.38. The van der Waals surface area contributed by atoms with Gasteiger partial charge in [-0.25, -0.2) is 8.78 Å². The monoisotopic (exact) mass is 340 g/mol. The number of carbonyl (C=O) groups is 2. The summed E-state index contributed by atoms with van der Waals surface area (Å²) >= 11 is 0. The van der Waals surface area contributed by atoms with Crippen molar-refractivity contribution in [2.75, 3.05) is 6.61 Å². The van der Waals surface area contributed by atoms with E-state index in [4.69, 9.17) is 4.74 Å². The topological polar surface area (TPSA) is 52.6 Å². The SMILES string of the molecule is C=CCC(CC=C)OC(=O)CCCC(=O)OCC(F)(F)C(F)F. The Morgan fingerprint density at radius 3 is 2.04 bits per heavy atom. The molecule has 0 radical (unpaired) electrons. The molecule has 132 valence electrons. The maximum atomic E-state index is 12.5. The van der Waals surface area contributed by atoms with Crippen LogP contribution in [0.15, 0.2) is 25.3 Å². The Kier molecular flexibility index (Phi) is 9.92. The van der Waals surface area contributed by atoms with E-state index < -0.39 is 37.0 Å². The summed E-state index contributed by atoms with van der Waals surface area (Å²) in [6, 6.07) is 0. The van der Waals surface area contributed by atoms with E-state index in [-0.39, 0.29) is 19.3 Å². The van der Waals surface area contributed by atoms with Crippen LogP contribution in [-0.4, -0.2) is 37.0 Å². The number of esters is 2. The zero-order valence-electron chi connectivity index (χ0n) is 12.6. The Morgan fingerprint density at radius 2 is 1.57 bits per heavy atom. The molecule has 0 aliphatic carbocycles. The predicted molar refractivity (Wildman–Crippen MR) is 75.3 cm³/mol. The lowest BCUT2D eigenvalue weighted by Crippen LogP contribution is -2.33. The van der Waals surface area contributed by atoms with Gasteiger partial charge in [0.25, 0.3) is 0 Å². The second kappa shape index (κ2) is 10.8. The molecule has 0 aliphatic heterocycles. The Morgan fingerprint density at radius 1 is 1.04 bits per heavy atom. The molecular weight excluding hydrogens is 320 g/mol. The number of hydrogen-bond donors (Lipinski definition) is 0. The zero-order chi connectivity index (χ0) is 17.9. The van der Waals surface area contributed by atoms with E-state index in [0.717, 1.165) is 0 Å². The number of carbonyl (C=O) groups excluding carboxylic acids is 2. The van der Waals surface area contributed by atoms with Gasteiger partial charge in [-0.15, -0.1) is 13.2 Å². The third-order valence-corrected chi connectivity index (χ3v) is 2.66. The third-order valence-electron chi connectivity index (χ3n) is 2.66. The van der Waals surface area contributed by atoms with Crippen LogP contribution >= 0.6 is 0 Å². The largest absolute Gasteiger partial charge is 0.462 e. The summed E-state index contributed by atoms with van der Waals surface area (Å²) in [6.07, 6.45) is -0.694. The van der Waals surface area contributed by atoms with Crippen LogP contribution in [0.2, 0.25) is 0 Å². The molecule has 0 bridgehead atoms. The van der Waals surface area contributed by atoms with Crippen molar-refractivity contribution < 1.29 is 36.6 Å². The van der Waals surface area contributed by atoms with Crippen molar-refractivity contribution in [1.29, 1.82) is 0 Å². The highest BCUT2D eigenvalue weighted by atomic mass is 19.3. The van der Waals surface area contributed by atoms with E-state index in [1.807, 2.05) is 0 Å². The molecule has 0 amide bonds. The summed E-state index contributed by atoms with van der Waals surface area (Å²) in [5.74, 6) is -6.02. The van der Waals surface area contributed by atoms with Crippen LogP contribution in [0.1, 0.15) is 32.1 Å². The first kappa shape index (κ1) is 21.1. The van der Waals surface area contributed by atoms with Crippen LogP contribution in [0.3, 0.4) is 0 Å². The summed E-state index contributed by atoms with van der Waals surface area (Å²) in [5.41, 5.74) is 0. The van der Waals surface area contributed by atoms with E-state index in [1.165, 1.54) is 0 Å². The van der Waals surface area contributed by atoms with E-state index >= 15 is 0 Å². The third kappa shape index (κ3) is 9.70. The van der Waals surface area contributed by atoms with E-state index in [9.17, 15) is 27.2 Å². The highest BCUT2D eigenvalue weighted by molar-refractivity contribution is 5.72. The maximum Gasteiger partial charge on any atom is 0.340 e. The highest BCUT2D eigenvalue weighted by Crippen LogP contribution is 2.23. The molecule has 0 aromatic rings. The molecule has 0 N–H and O–H groups in total. The fourth-order valence-corrected chi connectivity index (χ4v) is 1.50. The van der Waals surface area contributed by atoms with Crippen LogP contribution in [0.4, 0.5) is 17.6 Å². The van der Waals surface area contributed by atoms with Gasteiger partial charge in [-0.1, -0.05) is 12.2 Å². The number of ether oxygens (including phenoxy) is 2. The van der Waals surface area contributed by atoms with Crippen molar-refractivity contribution >= 4 is 11.9 Å². The molecule has 0 rings (SSSR count). The van der Waals surface area contributed by atoms with Crippen LogP contribution < -0.4 is 0 Å². The molecule has 0 unspecified atom stereocenters. The summed E-state index contributed by atoms with van der Waals surface area (Å²) in [7, 11) is 0. The number of rotatable bonds is 12. The first-order valence-electron chi connectivity index (χ1n) is 6.95. The lowest BCUT2D eigenvalue weighted by Gasteiger charge is -2.15. The van der Waals surface area contributed by atoms with Gasteiger partial charge in [-0.3, -0.25) is 9.59 Å². The lowest BCUT2D eigenvalue weighted by atomic mass is 10.2. The molecule has 0 fully saturated rings.